The van der Waals surface area contributed by atoms with Crippen molar-refractivity contribution in [2.45, 2.75) is 26.3 Å². The van der Waals surface area contributed by atoms with E-state index in [2.05, 4.69) is 30.0 Å². The average molecular weight is 281 g/mol. The van der Waals surface area contributed by atoms with E-state index >= 15 is 0 Å². The molecule has 3 rings (SSSR count). The van der Waals surface area contributed by atoms with Crippen molar-refractivity contribution in [1.82, 2.24) is 4.90 Å². The van der Waals surface area contributed by atoms with Gasteiger partial charge < -0.3 is 4.74 Å². The molecule has 0 saturated carbocycles. The number of ether oxygens (including phenoxy) is 1. The largest absolute Gasteiger partial charge is 0.457 e. The monoisotopic (exact) mass is 281 g/mol. The van der Waals surface area contributed by atoms with E-state index in [0.29, 0.717) is 0 Å². The summed E-state index contributed by atoms with van der Waals surface area (Å²) in [6.07, 6.45) is 2.69. The maximum absolute atomic E-state index is 5.91. The minimum atomic E-state index is 0.822. The standard InChI is InChI=1S/C19H23NO/c1-16-7-6-12-20(14-16)15-17-8-5-11-19(13-17)21-18-9-3-2-4-10-18/h2-5,8-11,13,16H,6-7,12,14-15H2,1H3/t16-/m1/s1. The summed E-state index contributed by atoms with van der Waals surface area (Å²) in [7, 11) is 0. The van der Waals surface area contributed by atoms with Crippen LogP contribution in [0.3, 0.4) is 0 Å². The van der Waals surface area contributed by atoms with E-state index in [1.807, 2.05) is 36.4 Å². The Morgan fingerprint density at radius 1 is 1.05 bits per heavy atom. The molecule has 0 amide bonds. The first kappa shape index (κ1) is 14.2. The molecule has 0 N–H and O–H groups in total. The van der Waals surface area contributed by atoms with E-state index in [1.54, 1.807) is 0 Å². The fourth-order valence-corrected chi connectivity index (χ4v) is 3.02. The Bertz CT molecular complexity index is 567. The van der Waals surface area contributed by atoms with Gasteiger partial charge in [-0.15, -0.1) is 0 Å². The van der Waals surface area contributed by atoms with Crippen LogP contribution < -0.4 is 4.74 Å². The van der Waals surface area contributed by atoms with Crippen LogP contribution in [-0.4, -0.2) is 18.0 Å². The molecular weight excluding hydrogens is 258 g/mol. The molecular formula is C19H23NO. The van der Waals surface area contributed by atoms with Gasteiger partial charge in [-0.05, 0) is 55.1 Å². The summed E-state index contributed by atoms with van der Waals surface area (Å²) in [6.45, 7) is 5.80. The lowest BCUT2D eigenvalue weighted by Crippen LogP contribution is -2.33. The smallest absolute Gasteiger partial charge is 0.127 e. The van der Waals surface area contributed by atoms with Crippen LogP contribution in [0.1, 0.15) is 25.3 Å². The summed E-state index contributed by atoms with van der Waals surface area (Å²) in [5, 5.41) is 0. The first-order valence-electron chi connectivity index (χ1n) is 7.84. The van der Waals surface area contributed by atoms with Gasteiger partial charge in [0.1, 0.15) is 11.5 Å². The summed E-state index contributed by atoms with van der Waals surface area (Å²) in [5.74, 6) is 2.63. The summed E-state index contributed by atoms with van der Waals surface area (Å²) >= 11 is 0. The molecule has 110 valence electrons. The van der Waals surface area contributed by atoms with Crippen molar-refractivity contribution in [2.24, 2.45) is 5.92 Å². The number of hydrogen-bond donors (Lipinski definition) is 0. The van der Waals surface area contributed by atoms with Crippen LogP contribution in [0.15, 0.2) is 54.6 Å². The molecule has 1 aliphatic rings. The Morgan fingerprint density at radius 3 is 2.67 bits per heavy atom. The third-order valence-corrected chi connectivity index (χ3v) is 4.02. The van der Waals surface area contributed by atoms with Crippen molar-refractivity contribution in [1.29, 1.82) is 0 Å². The molecule has 0 unspecified atom stereocenters. The Hall–Kier alpha value is -1.80. The number of likely N-dealkylation sites (tertiary alicyclic amines) is 1. The average Bonchev–Trinajstić information content (AvgIpc) is 2.49. The number of piperidine rings is 1. The SMILES string of the molecule is C[C@@H]1CCCN(Cc2cccc(Oc3ccccc3)c2)C1. The highest BCUT2D eigenvalue weighted by molar-refractivity contribution is 5.33. The first-order chi connectivity index (χ1) is 10.3. The molecule has 1 heterocycles. The van der Waals surface area contributed by atoms with Gasteiger partial charge in [0.15, 0.2) is 0 Å². The predicted molar refractivity (Wildman–Crippen MR) is 86.6 cm³/mol. The van der Waals surface area contributed by atoms with Crippen LogP contribution in [0.25, 0.3) is 0 Å². The number of hydrogen-bond acceptors (Lipinski definition) is 2. The van der Waals surface area contributed by atoms with E-state index < -0.39 is 0 Å². The number of rotatable bonds is 4. The van der Waals surface area contributed by atoms with Gasteiger partial charge in [0.25, 0.3) is 0 Å². The van der Waals surface area contributed by atoms with Gasteiger partial charge >= 0.3 is 0 Å². The lowest BCUT2D eigenvalue weighted by Gasteiger charge is -2.30. The minimum absolute atomic E-state index is 0.822. The molecule has 0 radical (unpaired) electrons. The highest BCUT2D eigenvalue weighted by atomic mass is 16.5. The van der Waals surface area contributed by atoms with Crippen molar-refractivity contribution in [3.05, 3.63) is 60.2 Å². The summed E-state index contributed by atoms with van der Waals surface area (Å²) in [6, 6.07) is 18.4. The van der Waals surface area contributed by atoms with Gasteiger partial charge in [-0.1, -0.05) is 37.3 Å². The molecule has 21 heavy (non-hydrogen) atoms. The van der Waals surface area contributed by atoms with Crippen molar-refractivity contribution >= 4 is 0 Å². The zero-order valence-corrected chi connectivity index (χ0v) is 12.7. The molecule has 1 aliphatic heterocycles. The minimum Gasteiger partial charge on any atom is -0.457 e. The third kappa shape index (κ3) is 4.08. The molecule has 1 fully saturated rings. The molecule has 0 spiro atoms. The predicted octanol–water partition coefficient (Wildman–Crippen LogP) is 4.71. The zero-order valence-electron chi connectivity index (χ0n) is 12.7. The maximum atomic E-state index is 5.91. The number of para-hydroxylation sites is 1. The van der Waals surface area contributed by atoms with Crippen LogP contribution in [0, 0.1) is 5.92 Å². The third-order valence-electron chi connectivity index (χ3n) is 4.02. The number of nitrogens with zero attached hydrogens (tertiary/aromatic N) is 1. The number of benzene rings is 2. The van der Waals surface area contributed by atoms with Crippen LogP contribution in [0.2, 0.25) is 0 Å². The lowest BCUT2D eigenvalue weighted by atomic mass is 10.00. The normalized spacial score (nSPS) is 19.4. The van der Waals surface area contributed by atoms with Gasteiger partial charge in [-0.2, -0.15) is 0 Å². The molecule has 0 aliphatic carbocycles. The Labute approximate surface area is 127 Å². The Morgan fingerprint density at radius 2 is 1.86 bits per heavy atom. The first-order valence-corrected chi connectivity index (χ1v) is 7.84. The van der Waals surface area contributed by atoms with Gasteiger partial charge in [0.05, 0.1) is 0 Å². The van der Waals surface area contributed by atoms with Gasteiger partial charge in [0.2, 0.25) is 0 Å². The highest BCUT2D eigenvalue weighted by Crippen LogP contribution is 2.23. The Kier molecular flexibility index (Phi) is 4.56. The summed E-state index contributed by atoms with van der Waals surface area (Å²) in [4.78, 5) is 2.55. The molecule has 2 aromatic carbocycles. The Balaban J connectivity index is 1.65. The second-order valence-corrected chi connectivity index (χ2v) is 6.05. The van der Waals surface area contributed by atoms with E-state index in [1.165, 1.54) is 31.5 Å². The summed E-state index contributed by atoms with van der Waals surface area (Å²) < 4.78 is 5.91. The second kappa shape index (κ2) is 6.77. The van der Waals surface area contributed by atoms with Crippen LogP contribution >= 0.6 is 0 Å². The maximum Gasteiger partial charge on any atom is 0.127 e. The van der Waals surface area contributed by atoms with Crippen molar-refractivity contribution < 1.29 is 4.74 Å². The van der Waals surface area contributed by atoms with Gasteiger partial charge in [0, 0.05) is 13.1 Å². The molecule has 2 nitrogen and oxygen atoms in total. The molecule has 0 bridgehead atoms. The fraction of sp³-hybridized carbons (Fsp3) is 0.368. The highest BCUT2D eigenvalue weighted by Gasteiger charge is 2.16. The van der Waals surface area contributed by atoms with Crippen LogP contribution in [-0.2, 0) is 6.54 Å². The van der Waals surface area contributed by atoms with Crippen LogP contribution in [0.5, 0.6) is 11.5 Å². The van der Waals surface area contributed by atoms with Gasteiger partial charge in [-0.25, -0.2) is 0 Å². The quantitative estimate of drug-likeness (QED) is 0.804. The van der Waals surface area contributed by atoms with Crippen molar-refractivity contribution in [3.63, 3.8) is 0 Å². The molecule has 1 atom stereocenters. The van der Waals surface area contributed by atoms with Crippen molar-refractivity contribution in [3.8, 4) is 11.5 Å². The molecule has 2 heteroatoms. The fourth-order valence-electron chi connectivity index (χ4n) is 3.02. The summed E-state index contributed by atoms with van der Waals surface area (Å²) in [5.41, 5.74) is 1.33. The van der Waals surface area contributed by atoms with Crippen LogP contribution in [0.4, 0.5) is 0 Å². The lowest BCUT2D eigenvalue weighted by molar-refractivity contribution is 0.176. The van der Waals surface area contributed by atoms with E-state index in [9.17, 15) is 0 Å². The van der Waals surface area contributed by atoms with Gasteiger partial charge in [-0.3, -0.25) is 4.90 Å². The van der Waals surface area contributed by atoms with E-state index in [4.69, 9.17) is 4.74 Å². The van der Waals surface area contributed by atoms with E-state index in [-0.39, 0.29) is 0 Å². The molecule has 0 aromatic heterocycles. The second-order valence-electron chi connectivity index (χ2n) is 6.05. The molecule has 2 aromatic rings. The van der Waals surface area contributed by atoms with Crippen molar-refractivity contribution in [2.75, 3.05) is 13.1 Å². The van der Waals surface area contributed by atoms with E-state index in [0.717, 1.165) is 24.0 Å². The zero-order chi connectivity index (χ0) is 14.5. The topological polar surface area (TPSA) is 12.5 Å². The molecule has 1 saturated heterocycles.